The molecule has 8 heteroatoms. The first-order chi connectivity index (χ1) is 11.0. The summed E-state index contributed by atoms with van der Waals surface area (Å²) in [6, 6.07) is 3.54. The summed E-state index contributed by atoms with van der Waals surface area (Å²) in [6.07, 6.45) is 1.74. The Labute approximate surface area is 146 Å². The van der Waals surface area contributed by atoms with Crippen LogP contribution in [0, 0.1) is 6.92 Å². The van der Waals surface area contributed by atoms with E-state index in [0.717, 1.165) is 20.7 Å². The summed E-state index contributed by atoms with van der Waals surface area (Å²) < 4.78 is 11.2. The molecule has 0 spiro atoms. The van der Waals surface area contributed by atoms with E-state index in [0.29, 0.717) is 11.5 Å². The van der Waals surface area contributed by atoms with E-state index in [4.69, 9.17) is 9.47 Å². The lowest BCUT2D eigenvalue weighted by molar-refractivity contribution is -0.120. The normalized spacial score (nSPS) is 10.8. The standard InChI is InChI=1S/C15H16BrN3O3S/c1-9-18-11(8-23-9)5-15(20)19-17-7-10-4-13(21-2)14(22-3)6-12(10)16/h4,6-8H,5H2,1-3H3,(H,19,20)/b17-7-. The highest BCUT2D eigenvalue weighted by Crippen LogP contribution is 2.32. The van der Waals surface area contributed by atoms with E-state index in [1.807, 2.05) is 12.3 Å². The smallest absolute Gasteiger partial charge is 0.246 e. The summed E-state index contributed by atoms with van der Waals surface area (Å²) >= 11 is 4.94. The van der Waals surface area contributed by atoms with Crippen LogP contribution in [0.15, 0.2) is 27.1 Å². The Bertz CT molecular complexity index is 731. The number of amides is 1. The number of benzene rings is 1. The first-order valence-corrected chi connectivity index (χ1v) is 8.35. The van der Waals surface area contributed by atoms with Crippen molar-refractivity contribution >= 4 is 39.4 Å². The largest absolute Gasteiger partial charge is 0.493 e. The van der Waals surface area contributed by atoms with Crippen molar-refractivity contribution in [2.24, 2.45) is 5.10 Å². The van der Waals surface area contributed by atoms with Crippen LogP contribution in [0.25, 0.3) is 0 Å². The molecule has 1 aromatic carbocycles. The molecule has 6 nitrogen and oxygen atoms in total. The molecule has 23 heavy (non-hydrogen) atoms. The molecule has 0 unspecified atom stereocenters. The van der Waals surface area contributed by atoms with E-state index in [1.165, 1.54) is 17.6 Å². The third-order valence-corrected chi connectivity index (χ3v) is 4.41. The fraction of sp³-hybridized carbons (Fsp3) is 0.267. The molecule has 0 saturated heterocycles. The van der Waals surface area contributed by atoms with Crippen molar-refractivity contribution in [2.45, 2.75) is 13.3 Å². The number of thiazole rings is 1. The molecule has 0 saturated carbocycles. The summed E-state index contributed by atoms with van der Waals surface area (Å²) in [7, 11) is 3.13. The number of hydrogen-bond acceptors (Lipinski definition) is 6. The third kappa shape index (κ3) is 4.77. The molecule has 0 fully saturated rings. The van der Waals surface area contributed by atoms with Gasteiger partial charge in [-0.2, -0.15) is 5.10 Å². The number of carbonyl (C=O) groups excluding carboxylic acids is 1. The molecule has 2 rings (SSSR count). The predicted octanol–water partition coefficient (Wildman–Crippen LogP) is 2.92. The van der Waals surface area contributed by atoms with Crippen LogP contribution in [0.4, 0.5) is 0 Å². The number of aromatic nitrogens is 1. The average molecular weight is 398 g/mol. The number of nitrogens with zero attached hydrogens (tertiary/aromatic N) is 2. The number of ether oxygens (including phenoxy) is 2. The minimum Gasteiger partial charge on any atom is -0.493 e. The van der Waals surface area contributed by atoms with Gasteiger partial charge in [0.2, 0.25) is 5.91 Å². The van der Waals surface area contributed by atoms with Crippen molar-refractivity contribution in [1.82, 2.24) is 10.4 Å². The monoisotopic (exact) mass is 397 g/mol. The van der Waals surface area contributed by atoms with E-state index in [2.05, 4.69) is 31.4 Å². The maximum absolute atomic E-state index is 11.8. The van der Waals surface area contributed by atoms with E-state index in [1.54, 1.807) is 26.4 Å². The number of nitrogens with one attached hydrogen (secondary N) is 1. The van der Waals surface area contributed by atoms with Crippen LogP contribution >= 0.6 is 27.3 Å². The quantitative estimate of drug-likeness (QED) is 0.600. The van der Waals surface area contributed by atoms with E-state index in [-0.39, 0.29) is 12.3 Å². The molecule has 0 bridgehead atoms. The summed E-state index contributed by atoms with van der Waals surface area (Å²) in [5, 5.41) is 6.76. The molecule has 122 valence electrons. The van der Waals surface area contributed by atoms with Gasteiger partial charge in [0.25, 0.3) is 0 Å². The number of methoxy groups -OCH3 is 2. The maximum atomic E-state index is 11.8. The van der Waals surface area contributed by atoms with Gasteiger partial charge in [-0.25, -0.2) is 10.4 Å². The summed E-state index contributed by atoms with van der Waals surface area (Å²) in [5.41, 5.74) is 3.98. The van der Waals surface area contributed by atoms with Crippen molar-refractivity contribution in [3.05, 3.63) is 38.3 Å². The van der Waals surface area contributed by atoms with Crippen LogP contribution in [0.2, 0.25) is 0 Å². The Balaban J connectivity index is 2.01. The van der Waals surface area contributed by atoms with Gasteiger partial charge in [0.1, 0.15) is 0 Å². The number of aryl methyl sites for hydroxylation is 1. The fourth-order valence-corrected chi connectivity index (χ4v) is 2.87. The Morgan fingerprint density at radius 1 is 1.39 bits per heavy atom. The third-order valence-electron chi connectivity index (χ3n) is 2.90. The number of carbonyl (C=O) groups is 1. The van der Waals surface area contributed by atoms with Crippen molar-refractivity contribution in [3.63, 3.8) is 0 Å². The van der Waals surface area contributed by atoms with Gasteiger partial charge in [-0.05, 0) is 35.0 Å². The zero-order chi connectivity index (χ0) is 16.8. The summed E-state index contributed by atoms with van der Waals surface area (Å²) in [5.74, 6) is 0.976. The SMILES string of the molecule is COc1cc(Br)c(/C=N\NC(=O)Cc2csc(C)n2)cc1OC. The first kappa shape index (κ1) is 17.4. The highest BCUT2D eigenvalue weighted by molar-refractivity contribution is 9.10. The summed E-state index contributed by atoms with van der Waals surface area (Å²) in [4.78, 5) is 16.0. The molecule has 1 N–H and O–H groups in total. The van der Waals surface area contributed by atoms with Gasteiger partial charge < -0.3 is 9.47 Å². The molecule has 0 radical (unpaired) electrons. The number of halogens is 1. The van der Waals surface area contributed by atoms with Crippen LogP contribution in [-0.2, 0) is 11.2 Å². The van der Waals surface area contributed by atoms with Crippen LogP contribution in [0.1, 0.15) is 16.3 Å². The Kier molecular flexibility index (Phi) is 6.12. The second-order valence-corrected chi connectivity index (χ2v) is 6.47. The van der Waals surface area contributed by atoms with Gasteiger partial charge in [0, 0.05) is 15.4 Å². The zero-order valence-corrected chi connectivity index (χ0v) is 15.3. The minimum absolute atomic E-state index is 0.203. The average Bonchev–Trinajstić information content (AvgIpc) is 2.93. The molecule has 0 aliphatic carbocycles. The second-order valence-electron chi connectivity index (χ2n) is 4.56. The lowest BCUT2D eigenvalue weighted by Crippen LogP contribution is -2.20. The van der Waals surface area contributed by atoms with Gasteiger partial charge in [0.05, 0.1) is 37.6 Å². The molecular weight excluding hydrogens is 382 g/mol. The predicted molar refractivity (Wildman–Crippen MR) is 93.5 cm³/mol. The van der Waals surface area contributed by atoms with Gasteiger partial charge in [-0.3, -0.25) is 4.79 Å². The van der Waals surface area contributed by atoms with Crippen molar-refractivity contribution in [3.8, 4) is 11.5 Å². The molecule has 0 aliphatic heterocycles. The van der Waals surface area contributed by atoms with Crippen LogP contribution < -0.4 is 14.9 Å². The van der Waals surface area contributed by atoms with E-state index in [9.17, 15) is 4.79 Å². The molecule has 1 aromatic heterocycles. The number of hydrogen-bond donors (Lipinski definition) is 1. The van der Waals surface area contributed by atoms with E-state index < -0.39 is 0 Å². The van der Waals surface area contributed by atoms with Crippen molar-refractivity contribution < 1.29 is 14.3 Å². The molecule has 2 aromatic rings. The minimum atomic E-state index is -0.219. The molecule has 1 amide bonds. The number of hydrazone groups is 1. The van der Waals surface area contributed by atoms with Gasteiger partial charge in [-0.15, -0.1) is 11.3 Å². The highest BCUT2D eigenvalue weighted by atomic mass is 79.9. The fourth-order valence-electron chi connectivity index (χ4n) is 1.84. The van der Waals surface area contributed by atoms with Gasteiger partial charge in [0.15, 0.2) is 11.5 Å². The Morgan fingerprint density at radius 2 is 2.09 bits per heavy atom. The molecular formula is C15H16BrN3O3S. The van der Waals surface area contributed by atoms with Crippen LogP contribution in [0.3, 0.4) is 0 Å². The molecule has 0 aliphatic rings. The maximum Gasteiger partial charge on any atom is 0.246 e. The van der Waals surface area contributed by atoms with Crippen molar-refractivity contribution in [1.29, 1.82) is 0 Å². The van der Waals surface area contributed by atoms with E-state index >= 15 is 0 Å². The van der Waals surface area contributed by atoms with Crippen LogP contribution in [-0.4, -0.2) is 31.3 Å². The van der Waals surface area contributed by atoms with Gasteiger partial charge in [-0.1, -0.05) is 0 Å². The zero-order valence-electron chi connectivity index (χ0n) is 12.9. The number of rotatable bonds is 6. The topological polar surface area (TPSA) is 72.8 Å². The lowest BCUT2D eigenvalue weighted by atomic mass is 10.2. The Morgan fingerprint density at radius 3 is 2.70 bits per heavy atom. The molecule has 0 atom stereocenters. The van der Waals surface area contributed by atoms with Crippen molar-refractivity contribution in [2.75, 3.05) is 14.2 Å². The first-order valence-electron chi connectivity index (χ1n) is 6.68. The highest BCUT2D eigenvalue weighted by Gasteiger charge is 2.09. The lowest BCUT2D eigenvalue weighted by Gasteiger charge is -2.09. The van der Waals surface area contributed by atoms with Crippen LogP contribution in [0.5, 0.6) is 11.5 Å². The molecule has 1 heterocycles. The van der Waals surface area contributed by atoms with Gasteiger partial charge >= 0.3 is 0 Å². The second kappa shape index (κ2) is 8.07. The Hall–Kier alpha value is -1.93. The summed E-state index contributed by atoms with van der Waals surface area (Å²) in [6.45, 7) is 1.90.